The average Bonchev–Trinajstić information content (AvgIpc) is 3.24. The lowest BCUT2D eigenvalue weighted by Gasteiger charge is -2.29. The zero-order chi connectivity index (χ0) is 44.0. The summed E-state index contributed by atoms with van der Waals surface area (Å²) in [5.74, 6) is -0.531. The molecule has 0 aromatic rings. The molecule has 0 aliphatic carbocycles. The number of ether oxygens (including phenoxy) is 2. The second-order valence-corrected chi connectivity index (χ2v) is 17.7. The largest absolute Gasteiger partial charge is 0.465 e. The zero-order valence-corrected chi connectivity index (χ0v) is 40.3. The standard InChI is InChI=1S/C53H98N2O5/c1-6-9-12-15-18-20-22-24-26-28-30-32-34-37-40-43-52(57)59-48-50(47-55(46-45-54(4)5)51(56)42-39-36-17-14-11-8-3)49-60-53(58)44-41-38-35-33-31-29-27-25-23-21-19-16-13-10-7-2/h18,20,24-27,50H,6-17,19,21-23,28-49H2,1-5H3/b20-18-,26-24-,27-25-. The molecule has 1 unspecified atom stereocenters. The molecule has 0 spiro atoms. The van der Waals surface area contributed by atoms with Crippen LogP contribution >= 0.6 is 0 Å². The maximum atomic E-state index is 13.5. The molecular weight excluding hydrogens is 745 g/mol. The molecule has 0 aliphatic heterocycles. The van der Waals surface area contributed by atoms with Crippen LogP contribution in [0.3, 0.4) is 0 Å². The van der Waals surface area contributed by atoms with Crippen molar-refractivity contribution >= 4 is 17.8 Å². The third-order valence-electron chi connectivity index (χ3n) is 11.3. The van der Waals surface area contributed by atoms with Crippen LogP contribution in [0, 0.1) is 5.92 Å². The van der Waals surface area contributed by atoms with Gasteiger partial charge in [0.1, 0.15) is 0 Å². The van der Waals surface area contributed by atoms with Crippen molar-refractivity contribution in [1.82, 2.24) is 9.80 Å². The minimum Gasteiger partial charge on any atom is -0.465 e. The molecule has 350 valence electrons. The van der Waals surface area contributed by atoms with E-state index in [1.807, 2.05) is 19.0 Å². The minimum absolute atomic E-state index is 0.133. The summed E-state index contributed by atoms with van der Waals surface area (Å²) in [5, 5.41) is 0. The van der Waals surface area contributed by atoms with E-state index in [2.05, 4.69) is 62.1 Å². The Morgan fingerprint density at radius 2 is 0.783 bits per heavy atom. The van der Waals surface area contributed by atoms with Gasteiger partial charge in [0.2, 0.25) is 5.91 Å². The summed E-state index contributed by atoms with van der Waals surface area (Å²) in [4.78, 5) is 43.1. The predicted molar refractivity (Wildman–Crippen MR) is 257 cm³/mol. The first-order valence-corrected chi connectivity index (χ1v) is 25.5. The lowest BCUT2D eigenvalue weighted by molar-refractivity contribution is -0.150. The first-order chi connectivity index (χ1) is 29.3. The summed E-state index contributed by atoms with van der Waals surface area (Å²) in [6.45, 7) is 8.80. The number of hydrogen-bond acceptors (Lipinski definition) is 6. The van der Waals surface area contributed by atoms with E-state index < -0.39 is 0 Å². The van der Waals surface area contributed by atoms with Gasteiger partial charge >= 0.3 is 11.9 Å². The Bertz CT molecular complexity index is 1050. The summed E-state index contributed by atoms with van der Waals surface area (Å²) < 4.78 is 11.6. The second kappa shape index (κ2) is 46.1. The van der Waals surface area contributed by atoms with Crippen LogP contribution in [0.1, 0.15) is 233 Å². The zero-order valence-electron chi connectivity index (χ0n) is 40.3. The number of allylic oxidation sites excluding steroid dienone is 6. The molecule has 0 radical (unpaired) electrons. The summed E-state index contributed by atoms with van der Waals surface area (Å²) in [6, 6.07) is 0. The van der Waals surface area contributed by atoms with Crippen molar-refractivity contribution in [3.8, 4) is 0 Å². The monoisotopic (exact) mass is 843 g/mol. The Labute approximate surface area is 372 Å². The molecule has 0 aromatic carbocycles. The number of nitrogens with zero attached hydrogens (tertiary/aromatic N) is 2. The van der Waals surface area contributed by atoms with Crippen molar-refractivity contribution in [1.29, 1.82) is 0 Å². The molecule has 0 saturated carbocycles. The molecule has 0 fully saturated rings. The van der Waals surface area contributed by atoms with Crippen molar-refractivity contribution < 1.29 is 23.9 Å². The summed E-state index contributed by atoms with van der Waals surface area (Å²) in [6.07, 6.45) is 50.3. The molecule has 1 atom stereocenters. The van der Waals surface area contributed by atoms with E-state index in [1.54, 1.807) is 0 Å². The van der Waals surface area contributed by atoms with Crippen LogP contribution in [-0.4, -0.2) is 74.6 Å². The Balaban J connectivity index is 4.77. The van der Waals surface area contributed by atoms with Gasteiger partial charge in [0.15, 0.2) is 0 Å². The van der Waals surface area contributed by atoms with Gasteiger partial charge in [0, 0.05) is 44.8 Å². The van der Waals surface area contributed by atoms with Crippen LogP contribution in [0.15, 0.2) is 36.5 Å². The van der Waals surface area contributed by atoms with E-state index in [0.29, 0.717) is 32.4 Å². The number of carbonyl (C=O) groups excluding carboxylic acids is 3. The SMILES string of the molecule is CCCCC/C=C\C/C=C\CCCCCCCC(=O)OCC(COC(=O)CCCCCCC/C=C\CCCCCCCC)CN(CCN(C)C)C(=O)CCCCCCCC. The smallest absolute Gasteiger partial charge is 0.305 e. The molecule has 0 rings (SSSR count). The van der Waals surface area contributed by atoms with E-state index in [1.165, 1.54) is 122 Å². The quantitative estimate of drug-likeness (QED) is 0.0345. The van der Waals surface area contributed by atoms with Gasteiger partial charge in [-0.3, -0.25) is 14.4 Å². The van der Waals surface area contributed by atoms with Crippen molar-refractivity contribution in [3.63, 3.8) is 0 Å². The molecule has 0 saturated heterocycles. The van der Waals surface area contributed by atoms with Crippen LogP contribution < -0.4 is 0 Å². The van der Waals surface area contributed by atoms with E-state index in [9.17, 15) is 14.4 Å². The Hall–Kier alpha value is -2.41. The average molecular weight is 843 g/mol. The lowest BCUT2D eigenvalue weighted by Crippen LogP contribution is -2.42. The number of rotatable bonds is 45. The first kappa shape index (κ1) is 57.6. The molecule has 7 heteroatoms. The Morgan fingerprint density at radius 1 is 0.433 bits per heavy atom. The number of carbonyl (C=O) groups is 3. The van der Waals surface area contributed by atoms with E-state index in [0.717, 1.165) is 77.2 Å². The molecular formula is C53H98N2O5. The fourth-order valence-electron chi connectivity index (χ4n) is 7.31. The predicted octanol–water partition coefficient (Wildman–Crippen LogP) is 14.7. The molecule has 0 aliphatic rings. The Morgan fingerprint density at radius 3 is 1.22 bits per heavy atom. The molecule has 60 heavy (non-hydrogen) atoms. The summed E-state index contributed by atoms with van der Waals surface area (Å²) in [7, 11) is 4.03. The van der Waals surface area contributed by atoms with Crippen LogP contribution in [0.2, 0.25) is 0 Å². The van der Waals surface area contributed by atoms with Crippen molar-refractivity contribution in [2.24, 2.45) is 5.92 Å². The highest BCUT2D eigenvalue weighted by atomic mass is 16.5. The van der Waals surface area contributed by atoms with E-state index >= 15 is 0 Å². The molecule has 0 heterocycles. The number of amides is 1. The van der Waals surface area contributed by atoms with Crippen LogP contribution in [0.5, 0.6) is 0 Å². The van der Waals surface area contributed by atoms with Gasteiger partial charge in [-0.2, -0.15) is 0 Å². The number of likely N-dealkylation sites (N-methyl/N-ethyl adjacent to an activating group) is 1. The van der Waals surface area contributed by atoms with Crippen LogP contribution in [-0.2, 0) is 23.9 Å². The number of esters is 2. The van der Waals surface area contributed by atoms with Gasteiger partial charge in [-0.25, -0.2) is 0 Å². The third-order valence-corrected chi connectivity index (χ3v) is 11.3. The molecule has 1 amide bonds. The highest BCUT2D eigenvalue weighted by Gasteiger charge is 2.22. The fraction of sp³-hybridized carbons (Fsp3) is 0.830. The van der Waals surface area contributed by atoms with E-state index in [-0.39, 0.29) is 37.0 Å². The van der Waals surface area contributed by atoms with Crippen molar-refractivity contribution in [3.05, 3.63) is 36.5 Å². The molecule has 0 bridgehead atoms. The maximum Gasteiger partial charge on any atom is 0.305 e. The molecule has 0 aromatic heterocycles. The topological polar surface area (TPSA) is 76.2 Å². The van der Waals surface area contributed by atoms with Crippen LogP contribution in [0.4, 0.5) is 0 Å². The highest BCUT2D eigenvalue weighted by molar-refractivity contribution is 5.76. The van der Waals surface area contributed by atoms with Crippen LogP contribution in [0.25, 0.3) is 0 Å². The molecule has 0 N–H and O–H groups in total. The Kier molecular flexibility index (Phi) is 44.2. The van der Waals surface area contributed by atoms with Gasteiger partial charge in [-0.05, 0) is 91.1 Å². The van der Waals surface area contributed by atoms with Gasteiger partial charge in [-0.1, -0.05) is 173 Å². The minimum atomic E-state index is -0.257. The second-order valence-electron chi connectivity index (χ2n) is 17.7. The third kappa shape index (κ3) is 42.3. The fourth-order valence-corrected chi connectivity index (χ4v) is 7.31. The van der Waals surface area contributed by atoms with Gasteiger partial charge in [-0.15, -0.1) is 0 Å². The summed E-state index contributed by atoms with van der Waals surface area (Å²) >= 11 is 0. The lowest BCUT2D eigenvalue weighted by atomic mass is 10.1. The summed E-state index contributed by atoms with van der Waals surface area (Å²) in [5.41, 5.74) is 0. The molecule has 7 nitrogen and oxygen atoms in total. The first-order valence-electron chi connectivity index (χ1n) is 25.5. The maximum absolute atomic E-state index is 13.5. The normalized spacial score (nSPS) is 12.4. The van der Waals surface area contributed by atoms with Crippen molar-refractivity contribution in [2.45, 2.75) is 233 Å². The number of unbranched alkanes of at least 4 members (excludes halogenated alkanes) is 24. The van der Waals surface area contributed by atoms with Gasteiger partial charge < -0.3 is 19.3 Å². The van der Waals surface area contributed by atoms with Crippen molar-refractivity contribution in [2.75, 3.05) is 46.9 Å². The number of hydrogen-bond donors (Lipinski definition) is 0. The van der Waals surface area contributed by atoms with Gasteiger partial charge in [0.25, 0.3) is 0 Å². The van der Waals surface area contributed by atoms with Gasteiger partial charge in [0.05, 0.1) is 13.2 Å². The van der Waals surface area contributed by atoms with E-state index in [4.69, 9.17) is 9.47 Å². The highest BCUT2D eigenvalue weighted by Crippen LogP contribution is 2.15.